The van der Waals surface area contributed by atoms with Crippen LogP contribution in [0.15, 0.2) is 22.7 Å². The highest BCUT2D eigenvalue weighted by molar-refractivity contribution is 9.10. The van der Waals surface area contributed by atoms with E-state index in [-0.39, 0.29) is 0 Å². The number of hydrogen-bond acceptors (Lipinski definition) is 1. The minimum Gasteiger partial charge on any atom is -0.310 e. The first-order chi connectivity index (χ1) is 6.63. The van der Waals surface area contributed by atoms with Gasteiger partial charge in [-0.05, 0) is 47.0 Å². The van der Waals surface area contributed by atoms with E-state index in [2.05, 4.69) is 41.2 Å². The standard InChI is InChI=1S/C11H15BrClN/c1-3-8(2)14-7-9-4-5-11(13)10(12)6-9/h4-6,8,14H,3,7H2,1-2H3/t8-/m0/s1. The molecule has 1 atom stereocenters. The van der Waals surface area contributed by atoms with E-state index in [1.165, 1.54) is 5.56 Å². The van der Waals surface area contributed by atoms with Gasteiger partial charge in [-0.2, -0.15) is 0 Å². The van der Waals surface area contributed by atoms with Gasteiger partial charge in [0, 0.05) is 17.1 Å². The van der Waals surface area contributed by atoms with E-state index in [1.54, 1.807) is 0 Å². The van der Waals surface area contributed by atoms with Crippen molar-refractivity contribution in [1.82, 2.24) is 5.32 Å². The van der Waals surface area contributed by atoms with Gasteiger partial charge in [-0.15, -0.1) is 0 Å². The number of rotatable bonds is 4. The molecular formula is C11H15BrClN. The smallest absolute Gasteiger partial charge is 0.0548 e. The zero-order chi connectivity index (χ0) is 10.6. The number of hydrogen-bond donors (Lipinski definition) is 1. The maximum Gasteiger partial charge on any atom is 0.0548 e. The molecule has 0 aliphatic carbocycles. The summed E-state index contributed by atoms with van der Waals surface area (Å²) in [5, 5.41) is 4.19. The molecule has 1 N–H and O–H groups in total. The summed E-state index contributed by atoms with van der Waals surface area (Å²) in [4.78, 5) is 0. The summed E-state index contributed by atoms with van der Waals surface area (Å²) < 4.78 is 0.961. The van der Waals surface area contributed by atoms with Crippen molar-refractivity contribution in [3.05, 3.63) is 33.3 Å². The second kappa shape index (κ2) is 5.74. The van der Waals surface area contributed by atoms with Crippen molar-refractivity contribution in [1.29, 1.82) is 0 Å². The van der Waals surface area contributed by atoms with Crippen LogP contribution in [0, 0.1) is 0 Å². The molecule has 0 aromatic heterocycles. The normalized spacial score (nSPS) is 12.9. The lowest BCUT2D eigenvalue weighted by molar-refractivity contribution is 0.534. The highest BCUT2D eigenvalue weighted by Gasteiger charge is 2.01. The monoisotopic (exact) mass is 275 g/mol. The summed E-state index contributed by atoms with van der Waals surface area (Å²) >= 11 is 9.31. The van der Waals surface area contributed by atoms with E-state index < -0.39 is 0 Å². The molecule has 1 aromatic rings. The highest BCUT2D eigenvalue weighted by atomic mass is 79.9. The van der Waals surface area contributed by atoms with Gasteiger partial charge in [0.05, 0.1) is 5.02 Å². The third-order valence-corrected chi connectivity index (χ3v) is 3.46. The Balaban J connectivity index is 2.55. The second-order valence-electron chi connectivity index (χ2n) is 3.44. The van der Waals surface area contributed by atoms with Crippen molar-refractivity contribution >= 4 is 27.5 Å². The maximum atomic E-state index is 5.90. The molecule has 0 radical (unpaired) electrons. The molecule has 0 saturated heterocycles. The number of benzene rings is 1. The molecule has 0 aliphatic rings. The van der Waals surface area contributed by atoms with E-state index >= 15 is 0 Å². The highest BCUT2D eigenvalue weighted by Crippen LogP contribution is 2.23. The van der Waals surface area contributed by atoms with Crippen molar-refractivity contribution in [2.24, 2.45) is 0 Å². The second-order valence-corrected chi connectivity index (χ2v) is 4.70. The van der Waals surface area contributed by atoms with Crippen LogP contribution in [0.25, 0.3) is 0 Å². The van der Waals surface area contributed by atoms with Crippen LogP contribution in [0.3, 0.4) is 0 Å². The van der Waals surface area contributed by atoms with Gasteiger partial charge < -0.3 is 5.32 Å². The largest absolute Gasteiger partial charge is 0.310 e. The van der Waals surface area contributed by atoms with Crippen molar-refractivity contribution in [3.63, 3.8) is 0 Å². The zero-order valence-corrected chi connectivity index (χ0v) is 10.8. The number of nitrogens with one attached hydrogen (secondary N) is 1. The quantitative estimate of drug-likeness (QED) is 0.877. The van der Waals surface area contributed by atoms with E-state index in [1.807, 2.05) is 12.1 Å². The molecule has 78 valence electrons. The molecule has 0 heterocycles. The Hall–Kier alpha value is -0.0500. The van der Waals surface area contributed by atoms with Crippen LogP contribution < -0.4 is 5.32 Å². The molecule has 0 fully saturated rings. The van der Waals surface area contributed by atoms with Gasteiger partial charge in [0.1, 0.15) is 0 Å². The molecule has 14 heavy (non-hydrogen) atoms. The Kier molecular flexibility index (Phi) is 4.93. The molecule has 0 saturated carbocycles. The van der Waals surface area contributed by atoms with Crippen LogP contribution in [-0.4, -0.2) is 6.04 Å². The van der Waals surface area contributed by atoms with E-state index in [9.17, 15) is 0 Å². The Bertz CT molecular complexity index is 301. The van der Waals surface area contributed by atoms with Gasteiger partial charge in [0.15, 0.2) is 0 Å². The van der Waals surface area contributed by atoms with Crippen molar-refractivity contribution in [2.45, 2.75) is 32.9 Å². The van der Waals surface area contributed by atoms with Crippen LogP contribution in [-0.2, 0) is 6.54 Å². The molecule has 1 rings (SSSR count). The minimum absolute atomic E-state index is 0.560. The lowest BCUT2D eigenvalue weighted by Gasteiger charge is -2.11. The molecule has 0 spiro atoms. The van der Waals surface area contributed by atoms with Crippen molar-refractivity contribution in [3.8, 4) is 0 Å². The average molecular weight is 277 g/mol. The SMILES string of the molecule is CC[C@H](C)NCc1ccc(Cl)c(Br)c1. The molecular weight excluding hydrogens is 261 g/mol. The third-order valence-electron chi connectivity index (χ3n) is 2.25. The lowest BCUT2D eigenvalue weighted by Crippen LogP contribution is -2.24. The van der Waals surface area contributed by atoms with Gasteiger partial charge in [0.2, 0.25) is 0 Å². The molecule has 0 aliphatic heterocycles. The fraction of sp³-hybridized carbons (Fsp3) is 0.455. The van der Waals surface area contributed by atoms with Crippen molar-refractivity contribution in [2.75, 3.05) is 0 Å². The van der Waals surface area contributed by atoms with Crippen LogP contribution >= 0.6 is 27.5 Å². The molecule has 0 bridgehead atoms. The van der Waals surface area contributed by atoms with Crippen LogP contribution in [0.4, 0.5) is 0 Å². The van der Waals surface area contributed by atoms with E-state index in [0.717, 1.165) is 22.5 Å². The summed E-state index contributed by atoms with van der Waals surface area (Å²) in [6.45, 7) is 5.26. The fourth-order valence-electron chi connectivity index (χ4n) is 1.09. The van der Waals surface area contributed by atoms with Crippen LogP contribution in [0.2, 0.25) is 5.02 Å². The molecule has 0 amide bonds. The summed E-state index contributed by atoms with van der Waals surface area (Å²) in [6, 6.07) is 6.57. The fourth-order valence-corrected chi connectivity index (χ4v) is 1.63. The van der Waals surface area contributed by atoms with Crippen molar-refractivity contribution < 1.29 is 0 Å². The molecule has 3 heteroatoms. The average Bonchev–Trinajstić information content (AvgIpc) is 2.19. The van der Waals surface area contributed by atoms with Gasteiger partial charge in [-0.1, -0.05) is 24.6 Å². The first kappa shape index (κ1) is 12.0. The van der Waals surface area contributed by atoms with Gasteiger partial charge in [0.25, 0.3) is 0 Å². The predicted molar refractivity (Wildman–Crippen MR) is 65.7 cm³/mol. The van der Waals surface area contributed by atoms with E-state index in [0.29, 0.717) is 6.04 Å². The van der Waals surface area contributed by atoms with Gasteiger partial charge in [-0.3, -0.25) is 0 Å². The Morgan fingerprint density at radius 1 is 1.50 bits per heavy atom. The first-order valence-electron chi connectivity index (χ1n) is 4.80. The van der Waals surface area contributed by atoms with E-state index in [4.69, 9.17) is 11.6 Å². The third kappa shape index (κ3) is 3.60. The first-order valence-corrected chi connectivity index (χ1v) is 5.98. The predicted octanol–water partition coefficient (Wildman–Crippen LogP) is 3.99. The molecule has 1 nitrogen and oxygen atoms in total. The Morgan fingerprint density at radius 2 is 2.21 bits per heavy atom. The summed E-state index contributed by atoms with van der Waals surface area (Å²) in [5.41, 5.74) is 1.25. The number of halogens is 2. The summed E-state index contributed by atoms with van der Waals surface area (Å²) in [6.07, 6.45) is 1.15. The topological polar surface area (TPSA) is 12.0 Å². The molecule has 1 aromatic carbocycles. The van der Waals surface area contributed by atoms with Gasteiger partial charge in [-0.25, -0.2) is 0 Å². The summed E-state index contributed by atoms with van der Waals surface area (Å²) in [7, 11) is 0. The summed E-state index contributed by atoms with van der Waals surface area (Å²) in [5.74, 6) is 0. The van der Waals surface area contributed by atoms with Crippen LogP contribution in [0.5, 0.6) is 0 Å². The lowest BCUT2D eigenvalue weighted by atomic mass is 10.2. The Morgan fingerprint density at radius 3 is 2.79 bits per heavy atom. The molecule has 0 unspecified atom stereocenters. The van der Waals surface area contributed by atoms with Gasteiger partial charge >= 0.3 is 0 Å². The maximum absolute atomic E-state index is 5.90. The Labute approximate surface area is 99.0 Å². The van der Waals surface area contributed by atoms with Crippen LogP contribution in [0.1, 0.15) is 25.8 Å². The minimum atomic E-state index is 0.560. The zero-order valence-electron chi connectivity index (χ0n) is 8.48.